The van der Waals surface area contributed by atoms with Crippen molar-refractivity contribution in [1.29, 1.82) is 0 Å². The van der Waals surface area contributed by atoms with Crippen LogP contribution in [0.4, 0.5) is 5.69 Å². The van der Waals surface area contributed by atoms with Gasteiger partial charge in [-0.1, -0.05) is 40.2 Å². The summed E-state index contributed by atoms with van der Waals surface area (Å²) >= 11 is 3.46. The van der Waals surface area contributed by atoms with Crippen molar-refractivity contribution in [2.75, 3.05) is 12.0 Å². The SMILES string of the molecule is COc1cccc(N2C(=O)C(=O)/C(=C(/O)c3ccc(Br)c(C)c3)C2c2cccc(OC(C)C)c2)c1. The van der Waals surface area contributed by atoms with Gasteiger partial charge in [0.05, 0.1) is 24.8 Å². The highest BCUT2D eigenvalue weighted by molar-refractivity contribution is 9.10. The molecule has 1 N–H and O–H groups in total. The highest BCUT2D eigenvalue weighted by Crippen LogP contribution is 2.43. The summed E-state index contributed by atoms with van der Waals surface area (Å²) in [6.45, 7) is 5.73. The van der Waals surface area contributed by atoms with E-state index in [1.54, 1.807) is 48.5 Å². The van der Waals surface area contributed by atoms with E-state index in [0.29, 0.717) is 28.3 Å². The lowest BCUT2D eigenvalue weighted by Crippen LogP contribution is -2.29. The van der Waals surface area contributed by atoms with Gasteiger partial charge in [0.25, 0.3) is 11.7 Å². The summed E-state index contributed by atoms with van der Waals surface area (Å²) < 4.78 is 12.1. The molecule has 0 aliphatic carbocycles. The quantitative estimate of drug-likeness (QED) is 0.231. The summed E-state index contributed by atoms with van der Waals surface area (Å²) in [6.07, 6.45) is -0.0549. The first-order valence-corrected chi connectivity index (χ1v) is 12.0. The van der Waals surface area contributed by atoms with Crippen LogP contribution in [-0.4, -0.2) is 30.0 Å². The molecule has 1 saturated heterocycles. The summed E-state index contributed by atoms with van der Waals surface area (Å²) in [7, 11) is 1.54. The second-order valence-electron chi connectivity index (χ2n) is 8.57. The van der Waals surface area contributed by atoms with E-state index in [2.05, 4.69) is 15.9 Å². The molecular formula is C28H26BrNO5. The molecule has 4 rings (SSSR count). The molecule has 3 aromatic carbocycles. The molecule has 0 bridgehead atoms. The van der Waals surface area contributed by atoms with Crippen LogP contribution in [0.25, 0.3) is 5.76 Å². The highest BCUT2D eigenvalue weighted by Gasteiger charge is 2.47. The summed E-state index contributed by atoms with van der Waals surface area (Å²) in [6, 6.07) is 18.6. The van der Waals surface area contributed by atoms with Crippen molar-refractivity contribution in [1.82, 2.24) is 0 Å². The van der Waals surface area contributed by atoms with E-state index in [9.17, 15) is 14.7 Å². The number of methoxy groups -OCH3 is 1. The van der Waals surface area contributed by atoms with Crippen LogP contribution in [0.15, 0.2) is 76.8 Å². The molecule has 1 aliphatic rings. The summed E-state index contributed by atoms with van der Waals surface area (Å²) in [4.78, 5) is 28.1. The lowest BCUT2D eigenvalue weighted by Gasteiger charge is -2.26. The molecule has 1 aliphatic heterocycles. The zero-order chi connectivity index (χ0) is 25.3. The summed E-state index contributed by atoms with van der Waals surface area (Å²) in [5, 5.41) is 11.3. The number of halogens is 1. The van der Waals surface area contributed by atoms with Crippen molar-refractivity contribution in [2.24, 2.45) is 0 Å². The largest absolute Gasteiger partial charge is 0.507 e. The van der Waals surface area contributed by atoms with Crippen molar-refractivity contribution in [3.8, 4) is 11.5 Å². The average molecular weight is 536 g/mol. The third kappa shape index (κ3) is 4.82. The van der Waals surface area contributed by atoms with Crippen LogP contribution in [0.3, 0.4) is 0 Å². The molecule has 1 unspecified atom stereocenters. The van der Waals surface area contributed by atoms with Crippen molar-refractivity contribution in [2.45, 2.75) is 32.9 Å². The van der Waals surface area contributed by atoms with Crippen LogP contribution < -0.4 is 14.4 Å². The number of aryl methyl sites for hydroxylation is 1. The van der Waals surface area contributed by atoms with Crippen LogP contribution in [0.1, 0.15) is 36.6 Å². The standard InChI is InChI=1S/C28H26BrNO5/c1-16(2)35-22-10-5-7-18(14-22)25-24(26(31)19-11-12-23(29)17(3)13-19)27(32)28(33)30(25)20-8-6-9-21(15-20)34-4/h5-16,25,31H,1-4H3/b26-24+. The molecule has 1 fully saturated rings. The minimum absolute atomic E-state index is 0.0150. The molecule has 0 aromatic heterocycles. The number of hydrogen-bond acceptors (Lipinski definition) is 5. The van der Waals surface area contributed by atoms with Gasteiger partial charge in [0, 0.05) is 21.8 Å². The Morgan fingerprint density at radius 3 is 2.40 bits per heavy atom. The number of aliphatic hydroxyl groups is 1. The lowest BCUT2D eigenvalue weighted by atomic mass is 9.94. The second-order valence-corrected chi connectivity index (χ2v) is 9.43. The molecule has 6 nitrogen and oxygen atoms in total. The maximum absolute atomic E-state index is 13.4. The molecule has 180 valence electrons. The van der Waals surface area contributed by atoms with Gasteiger partial charge in [-0.3, -0.25) is 14.5 Å². The number of rotatable bonds is 6. The Bertz CT molecular complexity index is 1330. The minimum atomic E-state index is -0.859. The third-order valence-corrected chi connectivity index (χ3v) is 6.64. The molecule has 1 heterocycles. The van der Waals surface area contributed by atoms with Gasteiger partial charge in [-0.2, -0.15) is 0 Å². The summed E-state index contributed by atoms with van der Waals surface area (Å²) in [5.41, 5.74) is 2.48. The highest BCUT2D eigenvalue weighted by atomic mass is 79.9. The van der Waals surface area contributed by atoms with Crippen LogP contribution in [-0.2, 0) is 9.59 Å². The Labute approximate surface area is 212 Å². The maximum atomic E-state index is 13.4. The van der Waals surface area contributed by atoms with Gasteiger partial charge in [-0.05, 0) is 68.3 Å². The zero-order valence-corrected chi connectivity index (χ0v) is 21.5. The van der Waals surface area contributed by atoms with Crippen LogP contribution in [0, 0.1) is 6.92 Å². The maximum Gasteiger partial charge on any atom is 0.300 e. The minimum Gasteiger partial charge on any atom is -0.507 e. The fourth-order valence-corrected chi connectivity index (χ4v) is 4.40. The summed E-state index contributed by atoms with van der Waals surface area (Å²) in [5.74, 6) is -0.568. The molecule has 0 radical (unpaired) electrons. The molecule has 7 heteroatoms. The van der Waals surface area contributed by atoms with Crippen molar-refractivity contribution < 1.29 is 24.2 Å². The Morgan fingerprint density at radius 1 is 1.00 bits per heavy atom. The molecule has 3 aromatic rings. The van der Waals surface area contributed by atoms with E-state index >= 15 is 0 Å². The van der Waals surface area contributed by atoms with Gasteiger partial charge in [0.1, 0.15) is 17.3 Å². The number of hydrogen-bond donors (Lipinski definition) is 1. The van der Waals surface area contributed by atoms with Crippen molar-refractivity contribution in [3.63, 3.8) is 0 Å². The van der Waals surface area contributed by atoms with E-state index in [-0.39, 0.29) is 17.4 Å². The number of carbonyl (C=O) groups is 2. The predicted molar refractivity (Wildman–Crippen MR) is 139 cm³/mol. The number of aliphatic hydroxyl groups excluding tert-OH is 1. The second kappa shape index (κ2) is 9.96. The topological polar surface area (TPSA) is 76.1 Å². The van der Waals surface area contributed by atoms with Crippen LogP contribution >= 0.6 is 15.9 Å². The number of nitrogens with zero attached hydrogens (tertiary/aromatic N) is 1. The van der Waals surface area contributed by atoms with Crippen molar-refractivity contribution in [3.05, 3.63) is 93.5 Å². The molecule has 1 atom stereocenters. The molecular weight excluding hydrogens is 510 g/mol. The first kappa shape index (κ1) is 24.5. The number of Topliss-reactive ketones (excluding diaryl/α,β-unsaturated/α-hetero) is 1. The van der Waals surface area contributed by atoms with E-state index in [4.69, 9.17) is 9.47 Å². The first-order valence-electron chi connectivity index (χ1n) is 11.2. The van der Waals surface area contributed by atoms with E-state index in [0.717, 1.165) is 10.0 Å². The van der Waals surface area contributed by atoms with E-state index in [1.807, 2.05) is 39.0 Å². The van der Waals surface area contributed by atoms with Gasteiger partial charge in [0.2, 0.25) is 0 Å². The predicted octanol–water partition coefficient (Wildman–Crippen LogP) is 6.18. The number of ketones is 1. The van der Waals surface area contributed by atoms with E-state index in [1.165, 1.54) is 12.0 Å². The van der Waals surface area contributed by atoms with Gasteiger partial charge in [0.15, 0.2) is 0 Å². The van der Waals surface area contributed by atoms with Crippen molar-refractivity contribution >= 4 is 39.1 Å². The van der Waals surface area contributed by atoms with Gasteiger partial charge < -0.3 is 14.6 Å². The van der Waals surface area contributed by atoms with Gasteiger partial charge in [-0.15, -0.1) is 0 Å². The Morgan fingerprint density at radius 2 is 1.71 bits per heavy atom. The zero-order valence-electron chi connectivity index (χ0n) is 19.9. The van der Waals surface area contributed by atoms with Crippen LogP contribution in [0.2, 0.25) is 0 Å². The Balaban J connectivity index is 1.95. The number of anilines is 1. The molecule has 35 heavy (non-hydrogen) atoms. The molecule has 0 saturated carbocycles. The number of carbonyl (C=O) groups excluding carboxylic acids is 2. The first-order chi connectivity index (χ1) is 16.7. The third-order valence-electron chi connectivity index (χ3n) is 5.75. The number of benzene rings is 3. The van der Waals surface area contributed by atoms with E-state index < -0.39 is 17.7 Å². The normalized spacial score (nSPS) is 17.2. The molecule has 1 amide bonds. The van der Waals surface area contributed by atoms with Gasteiger partial charge in [-0.25, -0.2) is 0 Å². The van der Waals surface area contributed by atoms with Gasteiger partial charge >= 0.3 is 0 Å². The Kier molecular flexibility index (Phi) is 6.98. The van der Waals surface area contributed by atoms with Crippen LogP contribution in [0.5, 0.6) is 11.5 Å². The fourth-order valence-electron chi connectivity index (χ4n) is 4.15. The fraction of sp³-hybridized carbons (Fsp3) is 0.214. The lowest BCUT2D eigenvalue weighted by molar-refractivity contribution is -0.132. The number of amides is 1. The number of ether oxygens (including phenoxy) is 2. The molecule has 0 spiro atoms. The Hall–Kier alpha value is -3.58. The smallest absolute Gasteiger partial charge is 0.300 e. The monoisotopic (exact) mass is 535 g/mol. The average Bonchev–Trinajstić information content (AvgIpc) is 3.10.